The highest BCUT2D eigenvalue weighted by Crippen LogP contribution is 2.27. The topological polar surface area (TPSA) is 63.7 Å². The molecular weight excluding hydrogens is 258 g/mol. The van der Waals surface area contributed by atoms with Gasteiger partial charge in [-0.1, -0.05) is 25.5 Å². The average Bonchev–Trinajstić information content (AvgIpc) is 2.71. The Morgan fingerprint density at radius 1 is 1.20 bits per heavy atom. The van der Waals surface area contributed by atoms with Crippen LogP contribution in [-0.2, 0) is 9.53 Å². The molecule has 1 aromatic rings. The summed E-state index contributed by atoms with van der Waals surface area (Å²) in [5.41, 5.74) is 0.812. The number of hydrogen-bond donors (Lipinski definition) is 0. The Morgan fingerprint density at radius 2 is 1.75 bits per heavy atom. The maximum absolute atomic E-state index is 12.3. The van der Waals surface area contributed by atoms with Gasteiger partial charge in [0.1, 0.15) is 0 Å². The van der Waals surface area contributed by atoms with Gasteiger partial charge in [-0.15, -0.1) is 0 Å². The quantitative estimate of drug-likeness (QED) is 0.609. The van der Waals surface area contributed by atoms with Crippen molar-refractivity contribution in [3.8, 4) is 0 Å². The maximum Gasteiger partial charge on any atom is 0.307 e. The van der Waals surface area contributed by atoms with E-state index >= 15 is 0 Å². The summed E-state index contributed by atoms with van der Waals surface area (Å²) >= 11 is 0. The number of imide groups is 1. The van der Waals surface area contributed by atoms with Gasteiger partial charge in [-0.05, 0) is 18.6 Å². The Kier molecular flexibility index (Phi) is 4.17. The minimum atomic E-state index is -0.445. The third kappa shape index (κ3) is 2.43. The summed E-state index contributed by atoms with van der Waals surface area (Å²) in [6.07, 6.45) is 1.39. The second-order valence-corrected chi connectivity index (χ2v) is 4.75. The van der Waals surface area contributed by atoms with Crippen LogP contribution in [0.15, 0.2) is 24.3 Å². The summed E-state index contributed by atoms with van der Waals surface area (Å²) in [4.78, 5) is 37.4. The lowest BCUT2D eigenvalue weighted by atomic mass is 10.1. The molecule has 1 aromatic carbocycles. The monoisotopic (exact) mass is 275 g/mol. The molecule has 1 aliphatic rings. The standard InChI is InChI=1S/C15H17NO4/c1-3-6-10(9-13(17)20-2)16-14(18)11-7-4-5-8-12(11)15(16)19/h4-5,7-8,10H,3,6,9H2,1-2H3/t10-/m1/s1. The van der Waals surface area contributed by atoms with Gasteiger partial charge >= 0.3 is 5.97 Å². The Hall–Kier alpha value is -2.17. The minimum absolute atomic E-state index is 0.0375. The molecule has 2 amide bonds. The Morgan fingerprint density at radius 3 is 2.20 bits per heavy atom. The lowest BCUT2D eigenvalue weighted by Gasteiger charge is -2.24. The van der Waals surface area contributed by atoms with Crippen molar-refractivity contribution in [2.24, 2.45) is 0 Å². The molecule has 0 bridgehead atoms. The number of ether oxygens (including phenoxy) is 1. The number of amides is 2. The number of esters is 1. The predicted molar refractivity (Wildman–Crippen MR) is 72.3 cm³/mol. The van der Waals surface area contributed by atoms with E-state index in [1.807, 2.05) is 6.92 Å². The van der Waals surface area contributed by atoms with Crippen LogP contribution in [0, 0.1) is 0 Å². The molecule has 2 rings (SSSR count). The smallest absolute Gasteiger partial charge is 0.307 e. The lowest BCUT2D eigenvalue weighted by Crippen LogP contribution is -2.41. The second kappa shape index (κ2) is 5.86. The number of carbonyl (C=O) groups is 3. The zero-order chi connectivity index (χ0) is 14.7. The van der Waals surface area contributed by atoms with Gasteiger partial charge in [-0.25, -0.2) is 0 Å². The first-order chi connectivity index (χ1) is 9.60. The van der Waals surface area contributed by atoms with Gasteiger partial charge in [0.25, 0.3) is 11.8 Å². The van der Waals surface area contributed by atoms with Crippen molar-refractivity contribution >= 4 is 17.8 Å². The van der Waals surface area contributed by atoms with Gasteiger partial charge in [-0.3, -0.25) is 19.3 Å². The van der Waals surface area contributed by atoms with Crippen LogP contribution < -0.4 is 0 Å². The number of methoxy groups -OCH3 is 1. The van der Waals surface area contributed by atoms with E-state index in [1.165, 1.54) is 12.0 Å². The zero-order valence-electron chi connectivity index (χ0n) is 11.6. The number of benzene rings is 1. The minimum Gasteiger partial charge on any atom is -0.469 e. The van der Waals surface area contributed by atoms with Crippen LogP contribution in [0.3, 0.4) is 0 Å². The zero-order valence-corrected chi connectivity index (χ0v) is 11.6. The van der Waals surface area contributed by atoms with Gasteiger partial charge in [-0.2, -0.15) is 0 Å². The molecule has 1 atom stereocenters. The fourth-order valence-electron chi connectivity index (χ4n) is 2.47. The van der Waals surface area contributed by atoms with Gasteiger partial charge in [0.05, 0.1) is 30.7 Å². The SMILES string of the molecule is CCC[C@H](CC(=O)OC)N1C(=O)c2ccccc2C1=O. The van der Waals surface area contributed by atoms with Crippen molar-refractivity contribution in [2.75, 3.05) is 7.11 Å². The first-order valence-corrected chi connectivity index (χ1v) is 6.63. The molecule has 0 N–H and O–H groups in total. The molecule has 20 heavy (non-hydrogen) atoms. The highest BCUT2D eigenvalue weighted by atomic mass is 16.5. The molecular formula is C15H17NO4. The molecule has 0 unspecified atom stereocenters. The summed E-state index contributed by atoms with van der Waals surface area (Å²) in [5.74, 6) is -1.07. The van der Waals surface area contributed by atoms with Crippen molar-refractivity contribution in [1.82, 2.24) is 4.90 Å². The van der Waals surface area contributed by atoms with Crippen molar-refractivity contribution < 1.29 is 19.1 Å². The second-order valence-electron chi connectivity index (χ2n) is 4.75. The molecule has 1 heterocycles. The molecule has 1 aliphatic heterocycles. The lowest BCUT2D eigenvalue weighted by molar-refractivity contribution is -0.141. The number of rotatable bonds is 5. The van der Waals surface area contributed by atoms with Crippen LogP contribution in [0.4, 0.5) is 0 Å². The van der Waals surface area contributed by atoms with Crippen molar-refractivity contribution in [3.05, 3.63) is 35.4 Å². The van der Waals surface area contributed by atoms with Crippen LogP contribution in [0.1, 0.15) is 46.9 Å². The fourth-order valence-corrected chi connectivity index (χ4v) is 2.47. The molecule has 0 saturated heterocycles. The summed E-state index contributed by atoms with van der Waals surface area (Å²) in [5, 5.41) is 0. The fraction of sp³-hybridized carbons (Fsp3) is 0.400. The van der Waals surface area contributed by atoms with Crippen LogP contribution in [0.2, 0.25) is 0 Å². The van der Waals surface area contributed by atoms with Crippen molar-refractivity contribution in [3.63, 3.8) is 0 Å². The molecule has 5 heteroatoms. The van der Waals surface area contributed by atoms with E-state index in [-0.39, 0.29) is 18.2 Å². The van der Waals surface area contributed by atoms with E-state index in [0.717, 1.165) is 6.42 Å². The normalized spacial score (nSPS) is 15.2. The Bertz CT molecular complexity index is 518. The molecule has 5 nitrogen and oxygen atoms in total. The van der Waals surface area contributed by atoms with Crippen LogP contribution in [0.5, 0.6) is 0 Å². The molecule has 106 valence electrons. The Balaban J connectivity index is 2.29. The van der Waals surface area contributed by atoms with Crippen molar-refractivity contribution in [2.45, 2.75) is 32.2 Å². The van der Waals surface area contributed by atoms with Crippen LogP contribution in [0.25, 0.3) is 0 Å². The number of nitrogens with zero attached hydrogens (tertiary/aromatic N) is 1. The third-order valence-electron chi connectivity index (χ3n) is 3.44. The van der Waals surface area contributed by atoms with Gasteiger partial charge in [0, 0.05) is 0 Å². The van der Waals surface area contributed by atoms with E-state index in [1.54, 1.807) is 24.3 Å². The van der Waals surface area contributed by atoms with Gasteiger partial charge < -0.3 is 4.74 Å². The first kappa shape index (κ1) is 14.2. The third-order valence-corrected chi connectivity index (χ3v) is 3.44. The van der Waals surface area contributed by atoms with E-state index in [9.17, 15) is 14.4 Å². The molecule has 0 spiro atoms. The van der Waals surface area contributed by atoms with E-state index < -0.39 is 12.0 Å². The summed E-state index contributed by atoms with van der Waals surface area (Å²) in [6.45, 7) is 1.95. The van der Waals surface area contributed by atoms with Crippen LogP contribution >= 0.6 is 0 Å². The van der Waals surface area contributed by atoms with Crippen molar-refractivity contribution in [1.29, 1.82) is 0 Å². The summed E-state index contributed by atoms with van der Waals surface area (Å²) in [6, 6.07) is 6.28. The van der Waals surface area contributed by atoms with E-state index in [0.29, 0.717) is 17.5 Å². The Labute approximate surface area is 117 Å². The average molecular weight is 275 g/mol. The maximum atomic E-state index is 12.3. The number of hydrogen-bond acceptors (Lipinski definition) is 4. The van der Waals surface area contributed by atoms with Gasteiger partial charge in [0.15, 0.2) is 0 Å². The van der Waals surface area contributed by atoms with E-state index in [2.05, 4.69) is 4.74 Å². The highest BCUT2D eigenvalue weighted by molar-refractivity contribution is 6.21. The van der Waals surface area contributed by atoms with E-state index in [4.69, 9.17) is 0 Å². The molecule has 0 radical (unpaired) electrons. The first-order valence-electron chi connectivity index (χ1n) is 6.63. The highest BCUT2D eigenvalue weighted by Gasteiger charge is 2.40. The molecule has 0 aliphatic carbocycles. The number of carbonyl (C=O) groups excluding carboxylic acids is 3. The number of fused-ring (bicyclic) bond motifs is 1. The molecule has 0 aromatic heterocycles. The molecule has 0 fully saturated rings. The van der Waals surface area contributed by atoms with Crippen LogP contribution in [-0.4, -0.2) is 35.8 Å². The molecule has 0 saturated carbocycles. The predicted octanol–water partition coefficient (Wildman–Crippen LogP) is 2.01. The van der Waals surface area contributed by atoms with Gasteiger partial charge in [0.2, 0.25) is 0 Å². The summed E-state index contributed by atoms with van der Waals surface area (Å²) in [7, 11) is 1.30. The summed E-state index contributed by atoms with van der Waals surface area (Å²) < 4.78 is 4.65. The largest absolute Gasteiger partial charge is 0.469 e.